The van der Waals surface area contributed by atoms with Gasteiger partial charge in [0.2, 0.25) is 0 Å². The Balaban J connectivity index is 2.31. The smallest absolute Gasteiger partial charge is 0.313 e. The quantitative estimate of drug-likeness (QED) is 0.681. The average Bonchev–Trinajstić information content (AvgIpc) is 2.59. The molecule has 72 valence electrons. The van der Waals surface area contributed by atoms with Crippen molar-refractivity contribution in [3.63, 3.8) is 0 Å². The van der Waals surface area contributed by atoms with Gasteiger partial charge in [-0.25, -0.2) is 0 Å². The third kappa shape index (κ3) is 1.62. The lowest BCUT2D eigenvalue weighted by Gasteiger charge is -1.93. The second-order valence-electron chi connectivity index (χ2n) is 3.00. The molecule has 0 amide bonds. The number of ether oxygens (including phenoxy) is 1. The Kier molecular flexibility index (Phi) is 2.23. The topological polar surface area (TPSA) is 39.4 Å². The lowest BCUT2D eigenvalue weighted by atomic mass is 10.2. The zero-order valence-corrected chi connectivity index (χ0v) is 7.82. The maximum atomic E-state index is 11.0. The van der Waals surface area contributed by atoms with E-state index in [-0.39, 0.29) is 12.4 Å². The molecule has 0 bridgehead atoms. The van der Waals surface area contributed by atoms with Gasteiger partial charge >= 0.3 is 5.97 Å². The highest BCUT2D eigenvalue weighted by atomic mass is 16.5. The number of benzene rings is 1. The lowest BCUT2D eigenvalue weighted by Crippen LogP contribution is -2.02. The van der Waals surface area contributed by atoms with Crippen molar-refractivity contribution < 1.29 is 13.9 Å². The number of methoxy groups -OCH3 is 1. The van der Waals surface area contributed by atoms with Crippen LogP contribution in [0.4, 0.5) is 0 Å². The minimum absolute atomic E-state index is 0.186. The summed E-state index contributed by atoms with van der Waals surface area (Å²) < 4.78 is 9.99. The fourth-order valence-corrected chi connectivity index (χ4v) is 1.34. The number of furan rings is 1. The first-order chi connectivity index (χ1) is 6.79. The highest BCUT2D eigenvalue weighted by Gasteiger charge is 2.07. The SMILES string of the molecule is COC(=O)Cc1cc2ccccc2o1. The molecule has 1 aromatic heterocycles. The predicted octanol–water partition coefficient (Wildman–Crippen LogP) is 2.15. The maximum absolute atomic E-state index is 11.0. The number of fused-ring (bicyclic) bond motifs is 1. The first-order valence-electron chi connectivity index (χ1n) is 4.34. The minimum Gasteiger partial charge on any atom is -0.469 e. The summed E-state index contributed by atoms with van der Waals surface area (Å²) in [7, 11) is 1.37. The number of esters is 1. The molecule has 0 aliphatic heterocycles. The summed E-state index contributed by atoms with van der Waals surface area (Å²) >= 11 is 0. The van der Waals surface area contributed by atoms with Crippen molar-refractivity contribution in [3.05, 3.63) is 36.1 Å². The van der Waals surface area contributed by atoms with Crippen LogP contribution in [0.1, 0.15) is 5.76 Å². The summed E-state index contributed by atoms with van der Waals surface area (Å²) in [5.41, 5.74) is 0.798. The van der Waals surface area contributed by atoms with Gasteiger partial charge in [0.15, 0.2) is 0 Å². The molecule has 14 heavy (non-hydrogen) atoms. The number of hydrogen-bond donors (Lipinski definition) is 0. The van der Waals surface area contributed by atoms with Crippen molar-refractivity contribution in [1.82, 2.24) is 0 Å². The van der Waals surface area contributed by atoms with E-state index in [4.69, 9.17) is 4.42 Å². The van der Waals surface area contributed by atoms with Crippen LogP contribution < -0.4 is 0 Å². The van der Waals surface area contributed by atoms with E-state index in [1.807, 2.05) is 30.3 Å². The molecular weight excluding hydrogens is 180 g/mol. The van der Waals surface area contributed by atoms with Crippen molar-refractivity contribution >= 4 is 16.9 Å². The normalized spacial score (nSPS) is 10.4. The number of carbonyl (C=O) groups is 1. The second-order valence-corrected chi connectivity index (χ2v) is 3.00. The molecule has 0 saturated carbocycles. The number of carbonyl (C=O) groups excluding carboxylic acids is 1. The Morgan fingerprint density at radius 3 is 2.93 bits per heavy atom. The first-order valence-corrected chi connectivity index (χ1v) is 4.34. The van der Waals surface area contributed by atoms with E-state index < -0.39 is 0 Å². The van der Waals surface area contributed by atoms with Gasteiger partial charge in [-0.2, -0.15) is 0 Å². The molecule has 2 aromatic rings. The van der Waals surface area contributed by atoms with Crippen molar-refractivity contribution in [1.29, 1.82) is 0 Å². The van der Waals surface area contributed by atoms with Crippen molar-refractivity contribution in [2.24, 2.45) is 0 Å². The summed E-state index contributed by atoms with van der Waals surface area (Å²) in [6, 6.07) is 9.50. The van der Waals surface area contributed by atoms with Crippen molar-refractivity contribution in [2.75, 3.05) is 7.11 Å². The van der Waals surface area contributed by atoms with Gasteiger partial charge in [0.25, 0.3) is 0 Å². The van der Waals surface area contributed by atoms with E-state index in [1.165, 1.54) is 7.11 Å². The van der Waals surface area contributed by atoms with E-state index in [9.17, 15) is 4.79 Å². The number of hydrogen-bond acceptors (Lipinski definition) is 3. The van der Waals surface area contributed by atoms with Crippen LogP contribution >= 0.6 is 0 Å². The van der Waals surface area contributed by atoms with Gasteiger partial charge in [-0.15, -0.1) is 0 Å². The summed E-state index contributed by atoms with van der Waals surface area (Å²) in [5, 5.41) is 1.01. The largest absolute Gasteiger partial charge is 0.469 e. The molecule has 0 atom stereocenters. The molecule has 1 aromatic carbocycles. The van der Waals surface area contributed by atoms with Crippen LogP contribution in [0.2, 0.25) is 0 Å². The van der Waals surface area contributed by atoms with Crippen LogP contribution in [-0.2, 0) is 16.0 Å². The van der Waals surface area contributed by atoms with Gasteiger partial charge in [0.05, 0.1) is 7.11 Å². The van der Waals surface area contributed by atoms with Crippen LogP contribution in [0.15, 0.2) is 34.7 Å². The Morgan fingerprint density at radius 1 is 1.43 bits per heavy atom. The molecular formula is C11H10O3. The molecule has 0 aliphatic rings. The average molecular weight is 190 g/mol. The van der Waals surface area contributed by atoms with Gasteiger partial charge in [0.1, 0.15) is 17.8 Å². The van der Waals surface area contributed by atoms with Crippen LogP contribution in [0.25, 0.3) is 11.0 Å². The van der Waals surface area contributed by atoms with E-state index in [0.29, 0.717) is 5.76 Å². The first kappa shape index (κ1) is 8.81. The Bertz CT molecular complexity index is 423. The molecule has 0 radical (unpaired) electrons. The zero-order valence-electron chi connectivity index (χ0n) is 7.82. The van der Waals surface area contributed by atoms with Crippen LogP contribution in [0.3, 0.4) is 0 Å². The van der Waals surface area contributed by atoms with E-state index >= 15 is 0 Å². The van der Waals surface area contributed by atoms with Gasteiger partial charge in [0, 0.05) is 5.39 Å². The Hall–Kier alpha value is -1.77. The molecule has 3 nitrogen and oxygen atoms in total. The van der Waals surface area contributed by atoms with Crippen LogP contribution in [0, 0.1) is 0 Å². The molecule has 2 rings (SSSR count). The van der Waals surface area contributed by atoms with E-state index in [2.05, 4.69) is 4.74 Å². The summed E-state index contributed by atoms with van der Waals surface area (Å²) in [6.45, 7) is 0. The van der Waals surface area contributed by atoms with E-state index in [0.717, 1.165) is 11.0 Å². The molecule has 1 heterocycles. The van der Waals surface area contributed by atoms with Crippen molar-refractivity contribution in [2.45, 2.75) is 6.42 Å². The standard InChI is InChI=1S/C11H10O3/c1-13-11(12)7-9-6-8-4-2-3-5-10(8)14-9/h2-6H,7H2,1H3. The highest BCUT2D eigenvalue weighted by molar-refractivity contribution is 5.80. The van der Waals surface area contributed by atoms with Crippen LogP contribution in [0.5, 0.6) is 0 Å². The number of rotatable bonds is 2. The Morgan fingerprint density at radius 2 is 2.21 bits per heavy atom. The summed E-state index contributed by atoms with van der Waals surface area (Å²) in [4.78, 5) is 11.0. The van der Waals surface area contributed by atoms with Gasteiger partial charge in [-0.1, -0.05) is 18.2 Å². The third-order valence-electron chi connectivity index (χ3n) is 2.02. The fourth-order valence-electron chi connectivity index (χ4n) is 1.34. The molecule has 0 spiro atoms. The van der Waals surface area contributed by atoms with Gasteiger partial charge < -0.3 is 9.15 Å². The molecule has 0 fully saturated rings. The fraction of sp³-hybridized carbons (Fsp3) is 0.182. The zero-order chi connectivity index (χ0) is 9.97. The van der Waals surface area contributed by atoms with Gasteiger partial charge in [-0.05, 0) is 12.1 Å². The van der Waals surface area contributed by atoms with E-state index in [1.54, 1.807) is 0 Å². The third-order valence-corrected chi connectivity index (χ3v) is 2.02. The second kappa shape index (κ2) is 3.54. The molecule has 0 aliphatic carbocycles. The molecule has 0 N–H and O–H groups in total. The lowest BCUT2D eigenvalue weighted by molar-refractivity contribution is -0.140. The molecule has 0 saturated heterocycles. The Labute approximate surface area is 81.3 Å². The molecule has 0 unspecified atom stereocenters. The van der Waals surface area contributed by atoms with Crippen LogP contribution in [-0.4, -0.2) is 13.1 Å². The highest BCUT2D eigenvalue weighted by Crippen LogP contribution is 2.19. The maximum Gasteiger partial charge on any atom is 0.313 e. The predicted molar refractivity (Wildman–Crippen MR) is 51.9 cm³/mol. The van der Waals surface area contributed by atoms with Gasteiger partial charge in [-0.3, -0.25) is 4.79 Å². The minimum atomic E-state index is -0.288. The summed E-state index contributed by atoms with van der Waals surface area (Å²) in [5.74, 6) is 0.349. The summed E-state index contributed by atoms with van der Waals surface area (Å²) in [6.07, 6.45) is 0.186. The van der Waals surface area contributed by atoms with Crippen molar-refractivity contribution in [3.8, 4) is 0 Å². The molecule has 3 heteroatoms. The number of para-hydroxylation sites is 1. The monoisotopic (exact) mass is 190 g/mol.